The Labute approximate surface area is 114 Å². The van der Waals surface area contributed by atoms with Crippen LogP contribution in [0.25, 0.3) is 0 Å². The van der Waals surface area contributed by atoms with E-state index in [9.17, 15) is 0 Å². The Bertz CT molecular complexity index is 436. The molecule has 0 spiro atoms. The van der Waals surface area contributed by atoms with Crippen molar-refractivity contribution in [2.45, 2.75) is 32.2 Å². The van der Waals surface area contributed by atoms with Gasteiger partial charge in [0.15, 0.2) is 11.5 Å². The van der Waals surface area contributed by atoms with Gasteiger partial charge in [-0.15, -0.1) is 0 Å². The van der Waals surface area contributed by atoms with Gasteiger partial charge in [0.05, 0.1) is 0 Å². The molecule has 1 unspecified atom stereocenters. The summed E-state index contributed by atoms with van der Waals surface area (Å²) in [4.78, 5) is 2.46. The predicted octanol–water partition coefficient (Wildman–Crippen LogP) is 2.38. The third kappa shape index (κ3) is 2.78. The van der Waals surface area contributed by atoms with E-state index in [4.69, 9.17) is 9.47 Å². The highest BCUT2D eigenvalue weighted by molar-refractivity contribution is 5.57. The van der Waals surface area contributed by atoms with E-state index in [1.807, 2.05) is 6.07 Å². The van der Waals surface area contributed by atoms with Gasteiger partial charge in [-0.2, -0.15) is 0 Å². The van der Waals surface area contributed by atoms with Crippen molar-refractivity contribution in [3.05, 3.63) is 18.2 Å². The van der Waals surface area contributed by atoms with E-state index in [1.165, 1.54) is 24.9 Å². The van der Waals surface area contributed by atoms with Crippen molar-refractivity contribution in [2.24, 2.45) is 0 Å². The van der Waals surface area contributed by atoms with Gasteiger partial charge < -0.3 is 19.7 Å². The number of ether oxygens (including phenoxy) is 2. The number of rotatable bonds is 3. The average molecular weight is 262 g/mol. The molecule has 1 fully saturated rings. The fourth-order valence-corrected chi connectivity index (χ4v) is 2.86. The maximum atomic E-state index is 5.47. The van der Waals surface area contributed by atoms with Crippen LogP contribution in [-0.2, 0) is 0 Å². The lowest BCUT2D eigenvalue weighted by atomic mass is 10.1. The molecule has 1 atom stereocenters. The summed E-state index contributed by atoms with van der Waals surface area (Å²) in [6.07, 6.45) is 3.66. The minimum Gasteiger partial charge on any atom is -0.454 e. The summed E-state index contributed by atoms with van der Waals surface area (Å²) in [5.41, 5.74) is 1.24. The first-order valence-electron chi connectivity index (χ1n) is 7.25. The average Bonchev–Trinajstić information content (AvgIpc) is 2.77. The third-order valence-corrected chi connectivity index (χ3v) is 3.84. The summed E-state index contributed by atoms with van der Waals surface area (Å²) >= 11 is 0. The molecule has 1 saturated heterocycles. The summed E-state index contributed by atoms with van der Waals surface area (Å²) in [6, 6.07) is 6.86. The Morgan fingerprint density at radius 1 is 1.32 bits per heavy atom. The zero-order valence-corrected chi connectivity index (χ0v) is 11.5. The second kappa shape index (κ2) is 5.70. The van der Waals surface area contributed by atoms with Crippen molar-refractivity contribution in [1.29, 1.82) is 0 Å². The molecule has 2 aliphatic heterocycles. The van der Waals surface area contributed by atoms with Crippen LogP contribution in [0.5, 0.6) is 11.5 Å². The minimum atomic E-state index is 0.346. The molecule has 104 valence electrons. The van der Waals surface area contributed by atoms with Gasteiger partial charge >= 0.3 is 0 Å². The van der Waals surface area contributed by atoms with Crippen LogP contribution in [0.15, 0.2) is 18.2 Å². The van der Waals surface area contributed by atoms with E-state index in [2.05, 4.69) is 29.3 Å². The van der Waals surface area contributed by atoms with Crippen molar-refractivity contribution in [3.8, 4) is 11.5 Å². The predicted molar refractivity (Wildman–Crippen MR) is 76.1 cm³/mol. The van der Waals surface area contributed by atoms with E-state index >= 15 is 0 Å². The van der Waals surface area contributed by atoms with Crippen LogP contribution >= 0.6 is 0 Å². The molecule has 2 heterocycles. The van der Waals surface area contributed by atoms with Crippen molar-refractivity contribution in [2.75, 3.05) is 31.3 Å². The van der Waals surface area contributed by atoms with Crippen molar-refractivity contribution < 1.29 is 9.47 Å². The van der Waals surface area contributed by atoms with E-state index in [0.29, 0.717) is 12.8 Å². The van der Waals surface area contributed by atoms with E-state index in [-0.39, 0.29) is 0 Å². The molecular formula is C15H22N2O2. The van der Waals surface area contributed by atoms with Gasteiger partial charge in [-0.25, -0.2) is 0 Å². The van der Waals surface area contributed by atoms with Gasteiger partial charge in [-0.3, -0.25) is 0 Å². The number of nitrogens with zero attached hydrogens (tertiary/aromatic N) is 1. The van der Waals surface area contributed by atoms with Crippen LogP contribution in [0.1, 0.15) is 26.2 Å². The molecule has 0 aromatic heterocycles. The molecule has 4 heteroatoms. The number of benzene rings is 1. The highest BCUT2D eigenvalue weighted by Crippen LogP contribution is 2.35. The number of fused-ring (bicyclic) bond motifs is 1. The highest BCUT2D eigenvalue weighted by Gasteiger charge is 2.20. The Morgan fingerprint density at radius 3 is 3.11 bits per heavy atom. The second-order valence-electron chi connectivity index (χ2n) is 5.28. The zero-order valence-electron chi connectivity index (χ0n) is 11.5. The molecule has 1 N–H and O–H groups in total. The zero-order chi connectivity index (χ0) is 13.1. The van der Waals surface area contributed by atoms with Gasteiger partial charge in [0, 0.05) is 30.9 Å². The number of anilines is 1. The first kappa shape index (κ1) is 12.6. The van der Waals surface area contributed by atoms with Gasteiger partial charge in [-0.1, -0.05) is 13.3 Å². The second-order valence-corrected chi connectivity index (χ2v) is 5.28. The van der Waals surface area contributed by atoms with Crippen LogP contribution in [-0.4, -0.2) is 32.5 Å². The minimum absolute atomic E-state index is 0.346. The number of nitrogens with one attached hydrogen (secondary N) is 1. The summed E-state index contributed by atoms with van der Waals surface area (Å²) in [7, 11) is 0. The van der Waals surface area contributed by atoms with Crippen LogP contribution in [0.3, 0.4) is 0 Å². The standard InChI is InChI=1S/C15H22N2O2/c1-2-4-12-10-17(8-3-7-16-12)13-5-6-14-15(9-13)19-11-18-14/h5-6,9,12,16H,2-4,7-8,10-11H2,1H3. The summed E-state index contributed by atoms with van der Waals surface area (Å²) < 4.78 is 10.8. The first-order valence-corrected chi connectivity index (χ1v) is 7.25. The topological polar surface area (TPSA) is 33.7 Å². The van der Waals surface area contributed by atoms with E-state index in [0.717, 1.165) is 31.1 Å². The first-order chi connectivity index (χ1) is 9.36. The van der Waals surface area contributed by atoms with Crippen LogP contribution < -0.4 is 19.7 Å². The van der Waals surface area contributed by atoms with Crippen molar-refractivity contribution >= 4 is 5.69 Å². The SMILES string of the molecule is CCCC1CN(c2ccc3c(c2)OCO3)CCCN1. The molecule has 3 rings (SSSR count). The lowest BCUT2D eigenvalue weighted by molar-refractivity contribution is 0.174. The molecule has 1 aromatic carbocycles. The smallest absolute Gasteiger partial charge is 0.231 e. The van der Waals surface area contributed by atoms with Crippen LogP contribution in [0.4, 0.5) is 5.69 Å². The molecule has 2 aliphatic rings. The lowest BCUT2D eigenvalue weighted by Gasteiger charge is -2.26. The molecule has 0 saturated carbocycles. The molecule has 19 heavy (non-hydrogen) atoms. The molecule has 1 aromatic rings. The van der Waals surface area contributed by atoms with Crippen LogP contribution in [0.2, 0.25) is 0 Å². The summed E-state index contributed by atoms with van der Waals surface area (Å²) in [6.45, 7) is 5.89. The van der Waals surface area contributed by atoms with Crippen LogP contribution in [0, 0.1) is 0 Å². The highest BCUT2D eigenvalue weighted by atomic mass is 16.7. The van der Waals surface area contributed by atoms with E-state index < -0.39 is 0 Å². The fourth-order valence-electron chi connectivity index (χ4n) is 2.86. The van der Waals surface area contributed by atoms with Crippen molar-refractivity contribution in [1.82, 2.24) is 5.32 Å². The summed E-state index contributed by atoms with van der Waals surface area (Å²) in [5.74, 6) is 1.74. The Balaban J connectivity index is 1.76. The van der Waals surface area contributed by atoms with Gasteiger partial charge in [-0.05, 0) is 31.5 Å². The van der Waals surface area contributed by atoms with E-state index in [1.54, 1.807) is 0 Å². The Hall–Kier alpha value is -1.42. The van der Waals surface area contributed by atoms with Gasteiger partial charge in [0.1, 0.15) is 0 Å². The molecular weight excluding hydrogens is 240 g/mol. The summed E-state index contributed by atoms with van der Waals surface area (Å²) in [5, 5.41) is 3.64. The lowest BCUT2D eigenvalue weighted by Crippen LogP contribution is -2.37. The number of hydrogen-bond acceptors (Lipinski definition) is 4. The van der Waals surface area contributed by atoms with Crippen molar-refractivity contribution in [3.63, 3.8) is 0 Å². The maximum Gasteiger partial charge on any atom is 0.231 e. The monoisotopic (exact) mass is 262 g/mol. The maximum absolute atomic E-state index is 5.47. The molecule has 0 radical (unpaired) electrons. The Morgan fingerprint density at radius 2 is 2.21 bits per heavy atom. The fraction of sp³-hybridized carbons (Fsp3) is 0.600. The molecule has 4 nitrogen and oxygen atoms in total. The number of hydrogen-bond donors (Lipinski definition) is 1. The molecule has 0 amide bonds. The normalized spacial score (nSPS) is 22.4. The Kier molecular flexibility index (Phi) is 3.78. The molecule has 0 aliphatic carbocycles. The largest absolute Gasteiger partial charge is 0.454 e. The quantitative estimate of drug-likeness (QED) is 0.907. The van der Waals surface area contributed by atoms with Gasteiger partial charge in [0.25, 0.3) is 0 Å². The third-order valence-electron chi connectivity index (χ3n) is 3.84. The van der Waals surface area contributed by atoms with Gasteiger partial charge in [0.2, 0.25) is 6.79 Å². The molecule has 0 bridgehead atoms.